The van der Waals surface area contributed by atoms with Gasteiger partial charge in [0.15, 0.2) is 5.78 Å². The summed E-state index contributed by atoms with van der Waals surface area (Å²) in [7, 11) is -2.29. The average molecular weight is 543 g/mol. The Kier molecular flexibility index (Phi) is 6.41. The van der Waals surface area contributed by atoms with Crippen molar-refractivity contribution in [1.29, 1.82) is 0 Å². The van der Waals surface area contributed by atoms with E-state index >= 15 is 4.39 Å². The molecule has 3 aliphatic rings. The molecular weight excluding hydrogens is 511 g/mol. The molecule has 1 saturated carbocycles. The van der Waals surface area contributed by atoms with Gasteiger partial charge in [-0.3, -0.25) is 4.79 Å². The van der Waals surface area contributed by atoms with Gasteiger partial charge in [-0.25, -0.2) is 14.1 Å². The molecule has 5 rings (SSSR count). The lowest BCUT2D eigenvalue weighted by Gasteiger charge is -2.48. The first-order valence-corrected chi connectivity index (χ1v) is 14.6. The van der Waals surface area contributed by atoms with Gasteiger partial charge in [0.1, 0.15) is 11.9 Å². The Hall–Kier alpha value is -2.81. The summed E-state index contributed by atoms with van der Waals surface area (Å²) in [5.41, 5.74) is 6.68. The first kappa shape index (κ1) is 25.8. The third-order valence-electron chi connectivity index (χ3n) is 7.57. The molecule has 2 aliphatic heterocycles. The van der Waals surface area contributed by atoms with Gasteiger partial charge in [0, 0.05) is 27.4 Å². The van der Waals surface area contributed by atoms with Crippen LogP contribution in [0.15, 0.2) is 46.7 Å². The van der Waals surface area contributed by atoms with Gasteiger partial charge in [-0.1, -0.05) is 36.3 Å². The van der Waals surface area contributed by atoms with Gasteiger partial charge < -0.3 is 9.64 Å². The summed E-state index contributed by atoms with van der Waals surface area (Å²) in [5.74, 6) is 9.15. The fraction of sp³-hybridized carbons (Fsp3) is 0.357. The highest BCUT2D eigenvalue weighted by Crippen LogP contribution is 2.54. The number of carbonyl (C=O) groups is 1. The molecule has 0 unspecified atom stereocenters. The first-order valence-electron chi connectivity index (χ1n) is 12.2. The zero-order chi connectivity index (χ0) is 26.8. The van der Waals surface area contributed by atoms with E-state index in [0.717, 1.165) is 34.6 Å². The van der Waals surface area contributed by atoms with E-state index in [1.165, 1.54) is 13.0 Å². The van der Waals surface area contributed by atoms with Crippen LogP contribution in [0.3, 0.4) is 0 Å². The Morgan fingerprint density at radius 1 is 1.30 bits per heavy atom. The fourth-order valence-electron chi connectivity index (χ4n) is 5.43. The summed E-state index contributed by atoms with van der Waals surface area (Å²) in [5, 5.41) is 4.94. The number of aryl methyl sites for hydroxylation is 1. The highest BCUT2D eigenvalue weighted by atomic mass is 35.5. The molecule has 2 aromatic carbocycles. The number of ether oxygens (including phenoxy) is 1. The second kappa shape index (κ2) is 9.19. The molecule has 2 aromatic rings. The van der Waals surface area contributed by atoms with Crippen molar-refractivity contribution in [3.63, 3.8) is 0 Å². The van der Waals surface area contributed by atoms with Crippen molar-refractivity contribution in [2.45, 2.75) is 63.4 Å². The molecule has 1 aliphatic carbocycles. The van der Waals surface area contributed by atoms with E-state index in [0.29, 0.717) is 40.6 Å². The van der Waals surface area contributed by atoms with E-state index < -0.39 is 15.4 Å². The Balaban J connectivity index is 1.73. The molecule has 37 heavy (non-hydrogen) atoms. The highest BCUT2D eigenvalue weighted by molar-refractivity contribution is 8.26. The summed E-state index contributed by atoms with van der Waals surface area (Å²) in [6, 6.07) is 6.68. The molecule has 0 aromatic heterocycles. The standard InChI is InChI=1S/C28H32ClFN4O2S/c1-15-8-11-23(30)25(16(15)2)17(3)26(28-32-31-19(5)36-28)34-14-33(21-9-10-21)24-13-20(29)12-22(18(4)35)27(24)37(34,6)7/h8,11-13,17,21,26,31H,5-7,9-10,14H2,1-4H3/t17-,26+/m1/s1. The van der Waals surface area contributed by atoms with Gasteiger partial charge in [-0.2, -0.15) is 0 Å². The number of rotatable bonds is 6. The number of anilines is 1. The maximum Gasteiger partial charge on any atom is 0.233 e. The second-order valence-electron chi connectivity index (χ2n) is 10.2. The number of hydrogen-bond acceptors (Lipinski definition) is 6. The molecule has 0 spiro atoms. The minimum absolute atomic E-state index is 0.102. The summed E-state index contributed by atoms with van der Waals surface area (Å²) >= 11 is 6.49. The number of hydrogen-bond donors (Lipinski definition) is 1. The SMILES string of the molecule is C=C1NN=C([C@H]([C@H](C)c2c(F)ccc(C)c2C)N2CN(C3CC3)c3cc(Cl)cc(C(C)=O)c3S2(=C)=C)O1. The maximum absolute atomic E-state index is 15.4. The molecular formula is C28H32ClFN4O2S. The predicted molar refractivity (Wildman–Crippen MR) is 153 cm³/mol. The third kappa shape index (κ3) is 4.35. The molecule has 2 atom stereocenters. The van der Waals surface area contributed by atoms with Crippen molar-refractivity contribution in [3.05, 3.63) is 69.8 Å². The van der Waals surface area contributed by atoms with E-state index in [9.17, 15) is 4.79 Å². The molecule has 1 N–H and O–H groups in total. The van der Waals surface area contributed by atoms with Crippen molar-refractivity contribution in [2.75, 3.05) is 11.6 Å². The molecule has 1 fully saturated rings. The minimum Gasteiger partial charge on any atom is -0.422 e. The zero-order valence-corrected chi connectivity index (χ0v) is 23.2. The molecule has 9 heteroatoms. The minimum atomic E-state index is -2.29. The van der Waals surface area contributed by atoms with Gasteiger partial charge >= 0.3 is 0 Å². The van der Waals surface area contributed by atoms with E-state index in [2.05, 4.69) is 38.1 Å². The van der Waals surface area contributed by atoms with Crippen molar-refractivity contribution >= 4 is 50.1 Å². The highest BCUT2D eigenvalue weighted by Gasteiger charge is 2.45. The van der Waals surface area contributed by atoms with Crippen LogP contribution < -0.4 is 10.3 Å². The first-order chi connectivity index (χ1) is 17.4. The number of nitrogens with zero attached hydrogens (tertiary/aromatic N) is 3. The van der Waals surface area contributed by atoms with Crippen LogP contribution in [0.4, 0.5) is 10.1 Å². The number of halogens is 2. The van der Waals surface area contributed by atoms with Crippen molar-refractivity contribution in [1.82, 2.24) is 9.73 Å². The van der Waals surface area contributed by atoms with E-state index in [1.807, 2.05) is 26.8 Å². The van der Waals surface area contributed by atoms with Crippen LogP contribution in [0.5, 0.6) is 0 Å². The number of ketones is 1. The van der Waals surface area contributed by atoms with E-state index in [4.69, 9.17) is 16.3 Å². The Morgan fingerprint density at radius 3 is 2.59 bits per heavy atom. The Bertz CT molecular complexity index is 1470. The molecule has 2 heterocycles. The largest absolute Gasteiger partial charge is 0.422 e. The normalized spacial score (nSPS) is 20.5. The lowest BCUT2D eigenvalue weighted by atomic mass is 9.87. The van der Waals surface area contributed by atoms with Crippen molar-refractivity contribution in [2.24, 2.45) is 5.10 Å². The van der Waals surface area contributed by atoms with Crippen LogP contribution in [0.25, 0.3) is 0 Å². The summed E-state index contributed by atoms with van der Waals surface area (Å²) in [4.78, 5) is 15.9. The second-order valence-corrected chi connectivity index (χ2v) is 13.2. The topological polar surface area (TPSA) is 57.2 Å². The quantitative estimate of drug-likeness (QED) is 0.355. The molecule has 196 valence electrons. The average Bonchev–Trinajstić information content (AvgIpc) is 3.58. The van der Waals surface area contributed by atoms with Crippen LogP contribution >= 0.6 is 21.0 Å². The molecule has 0 amide bonds. The van der Waals surface area contributed by atoms with Gasteiger partial charge in [-0.15, -0.1) is 14.5 Å². The smallest absolute Gasteiger partial charge is 0.233 e. The van der Waals surface area contributed by atoms with Crippen LogP contribution in [0.2, 0.25) is 5.02 Å². The number of benzene rings is 2. The number of Topliss-reactive ketones (excluding diaryl/α,β-unsaturated/α-hetero) is 1. The molecule has 6 nitrogen and oxygen atoms in total. The number of fused-ring (bicyclic) bond motifs is 1. The van der Waals surface area contributed by atoms with Gasteiger partial charge in [0.25, 0.3) is 0 Å². The van der Waals surface area contributed by atoms with Crippen LogP contribution in [0, 0.1) is 19.7 Å². The van der Waals surface area contributed by atoms with Crippen LogP contribution in [-0.4, -0.2) is 46.5 Å². The fourth-order valence-corrected chi connectivity index (χ4v) is 8.11. The zero-order valence-electron chi connectivity index (χ0n) is 21.6. The van der Waals surface area contributed by atoms with Gasteiger partial charge in [-0.05, 0) is 75.1 Å². The number of carbonyl (C=O) groups excluding carboxylic acids is 1. The van der Waals surface area contributed by atoms with Crippen molar-refractivity contribution in [3.8, 4) is 0 Å². The van der Waals surface area contributed by atoms with E-state index in [1.54, 1.807) is 12.1 Å². The summed E-state index contributed by atoms with van der Waals surface area (Å²) < 4.78 is 23.5. The number of nitrogens with one attached hydrogen (secondary N) is 1. The van der Waals surface area contributed by atoms with Crippen LogP contribution in [-0.2, 0) is 4.74 Å². The summed E-state index contributed by atoms with van der Waals surface area (Å²) in [6.45, 7) is 11.7. The molecule has 0 saturated heterocycles. The van der Waals surface area contributed by atoms with E-state index in [-0.39, 0.29) is 17.5 Å². The predicted octanol–water partition coefficient (Wildman–Crippen LogP) is 6.06. The third-order valence-corrected chi connectivity index (χ3v) is 10.2. The summed E-state index contributed by atoms with van der Waals surface area (Å²) in [6.07, 6.45) is 2.07. The monoisotopic (exact) mass is 542 g/mol. The van der Waals surface area contributed by atoms with Crippen molar-refractivity contribution < 1.29 is 13.9 Å². The number of hydrazone groups is 1. The molecule has 0 radical (unpaired) electrons. The molecule has 0 bridgehead atoms. The van der Waals surface area contributed by atoms with Gasteiger partial charge in [0.05, 0.1) is 12.4 Å². The Labute approximate surface area is 223 Å². The van der Waals surface area contributed by atoms with Crippen LogP contribution in [0.1, 0.15) is 59.7 Å². The maximum atomic E-state index is 15.4. The Morgan fingerprint density at radius 2 is 2.00 bits per heavy atom. The lowest BCUT2D eigenvalue weighted by molar-refractivity contribution is 0.101. The lowest BCUT2D eigenvalue weighted by Crippen LogP contribution is -2.51. The van der Waals surface area contributed by atoms with Gasteiger partial charge in [0.2, 0.25) is 11.8 Å².